The van der Waals surface area contributed by atoms with E-state index in [0.717, 1.165) is 18.2 Å². The van der Waals surface area contributed by atoms with Crippen LogP contribution in [0.25, 0.3) is 5.69 Å². The third kappa shape index (κ3) is 2.06. The quantitative estimate of drug-likeness (QED) is 0.805. The molecule has 0 atom stereocenters. The van der Waals surface area contributed by atoms with Crippen molar-refractivity contribution in [3.8, 4) is 5.69 Å². The predicted octanol–water partition coefficient (Wildman–Crippen LogP) is 1.77. The van der Waals surface area contributed by atoms with Gasteiger partial charge in [-0.05, 0) is 18.6 Å². The molecule has 4 nitrogen and oxygen atoms in total. The van der Waals surface area contributed by atoms with E-state index in [-0.39, 0.29) is 10.7 Å². The molecule has 0 radical (unpaired) electrons. The normalized spacial score (nSPS) is 10.7. The van der Waals surface area contributed by atoms with Crippen molar-refractivity contribution < 1.29 is 8.78 Å². The van der Waals surface area contributed by atoms with Crippen molar-refractivity contribution in [1.29, 1.82) is 0 Å². The molecule has 7 heteroatoms. The molecule has 0 fully saturated rings. The number of aromatic amines is 1. The van der Waals surface area contributed by atoms with E-state index in [1.165, 1.54) is 6.92 Å². The largest absolute Gasteiger partial charge is 0.334 e. The minimum atomic E-state index is -0.936. The lowest BCUT2D eigenvalue weighted by atomic mass is 10.2. The molecule has 0 aliphatic heterocycles. The van der Waals surface area contributed by atoms with Crippen molar-refractivity contribution in [2.24, 2.45) is 0 Å². The van der Waals surface area contributed by atoms with E-state index in [1.54, 1.807) is 0 Å². The zero-order valence-electron chi connectivity index (χ0n) is 9.13. The Morgan fingerprint density at radius 3 is 2.44 bits per heavy atom. The van der Waals surface area contributed by atoms with Gasteiger partial charge in [-0.2, -0.15) is 0 Å². The van der Waals surface area contributed by atoms with Gasteiger partial charge in [-0.15, -0.1) is 0 Å². The number of aryl methyl sites for hydroxylation is 1. The zero-order valence-corrected chi connectivity index (χ0v) is 9.89. The second-order valence-electron chi connectivity index (χ2n) is 3.65. The first-order valence-electron chi connectivity index (χ1n) is 4.88. The van der Waals surface area contributed by atoms with Crippen LogP contribution in [0, 0.1) is 18.6 Å². The van der Waals surface area contributed by atoms with Crippen molar-refractivity contribution in [3.63, 3.8) is 0 Å². The zero-order chi connectivity index (χ0) is 13.4. The molecule has 0 aliphatic rings. The number of hydrogen-bond donors (Lipinski definition) is 1. The van der Waals surface area contributed by atoms with Crippen molar-refractivity contribution in [1.82, 2.24) is 9.55 Å². The Morgan fingerprint density at radius 1 is 1.17 bits per heavy atom. The third-order valence-corrected chi connectivity index (χ3v) is 2.57. The minimum absolute atomic E-state index is 0.0784. The van der Waals surface area contributed by atoms with E-state index in [4.69, 9.17) is 11.6 Å². The fourth-order valence-corrected chi connectivity index (χ4v) is 1.68. The monoisotopic (exact) mass is 272 g/mol. The molecular formula is C11H7ClF2N2O2. The lowest BCUT2D eigenvalue weighted by Gasteiger charge is -2.07. The van der Waals surface area contributed by atoms with Gasteiger partial charge in [0.15, 0.2) is 0 Å². The Morgan fingerprint density at radius 2 is 1.83 bits per heavy atom. The maximum Gasteiger partial charge on any atom is 0.334 e. The molecule has 2 rings (SSSR count). The van der Waals surface area contributed by atoms with Gasteiger partial charge in [0.25, 0.3) is 5.56 Å². The molecule has 1 aromatic heterocycles. The molecule has 1 N–H and O–H groups in total. The summed E-state index contributed by atoms with van der Waals surface area (Å²) >= 11 is 5.47. The highest BCUT2D eigenvalue weighted by Gasteiger charge is 2.13. The summed E-state index contributed by atoms with van der Waals surface area (Å²) in [5.74, 6) is -1.59. The van der Waals surface area contributed by atoms with Gasteiger partial charge in [0.05, 0.1) is 5.69 Å². The molecule has 94 valence electrons. The molecule has 18 heavy (non-hydrogen) atoms. The second-order valence-corrected chi connectivity index (χ2v) is 4.06. The van der Waals surface area contributed by atoms with Crippen LogP contribution in [-0.4, -0.2) is 9.55 Å². The van der Waals surface area contributed by atoms with Gasteiger partial charge >= 0.3 is 5.69 Å². The minimum Gasteiger partial charge on any atom is -0.297 e. The summed E-state index contributed by atoms with van der Waals surface area (Å²) < 4.78 is 27.5. The van der Waals surface area contributed by atoms with Crippen LogP contribution < -0.4 is 11.2 Å². The summed E-state index contributed by atoms with van der Waals surface area (Å²) in [6, 6.07) is 2.60. The van der Waals surface area contributed by atoms with Gasteiger partial charge in [0.1, 0.15) is 16.8 Å². The molecule has 2 aromatic rings. The predicted molar refractivity (Wildman–Crippen MR) is 62.3 cm³/mol. The lowest BCUT2D eigenvalue weighted by Crippen LogP contribution is -2.33. The molecule has 1 heterocycles. The Balaban J connectivity index is 2.82. The molecule has 0 saturated carbocycles. The van der Waals surface area contributed by atoms with E-state index in [0.29, 0.717) is 4.57 Å². The van der Waals surface area contributed by atoms with Crippen LogP contribution in [0.4, 0.5) is 8.78 Å². The molecule has 0 aliphatic carbocycles. The van der Waals surface area contributed by atoms with Crippen molar-refractivity contribution in [3.05, 3.63) is 61.4 Å². The number of H-pyrrole nitrogens is 1. The van der Waals surface area contributed by atoms with Crippen LogP contribution in [0.3, 0.4) is 0 Å². The van der Waals surface area contributed by atoms with E-state index < -0.39 is 28.6 Å². The van der Waals surface area contributed by atoms with Crippen LogP contribution in [0.2, 0.25) is 5.15 Å². The van der Waals surface area contributed by atoms with E-state index in [9.17, 15) is 18.4 Å². The summed E-state index contributed by atoms with van der Waals surface area (Å²) in [7, 11) is 0. The topological polar surface area (TPSA) is 54.9 Å². The smallest absolute Gasteiger partial charge is 0.297 e. The van der Waals surface area contributed by atoms with Crippen LogP contribution in [0.5, 0.6) is 0 Å². The van der Waals surface area contributed by atoms with Crippen LogP contribution >= 0.6 is 11.6 Å². The fourth-order valence-electron chi connectivity index (χ4n) is 1.50. The van der Waals surface area contributed by atoms with Gasteiger partial charge < -0.3 is 0 Å². The van der Waals surface area contributed by atoms with Gasteiger partial charge in [0, 0.05) is 12.1 Å². The molecule has 0 spiro atoms. The summed E-state index contributed by atoms with van der Waals surface area (Å²) in [5.41, 5.74) is -2.16. The first kappa shape index (κ1) is 12.5. The number of nitrogens with one attached hydrogen (secondary N) is 1. The maximum absolute atomic E-state index is 13.7. The number of hydrogen-bond acceptors (Lipinski definition) is 2. The molecule has 0 unspecified atom stereocenters. The van der Waals surface area contributed by atoms with Gasteiger partial charge in [0.2, 0.25) is 0 Å². The van der Waals surface area contributed by atoms with Crippen LogP contribution in [0.15, 0.2) is 27.8 Å². The Kier molecular flexibility index (Phi) is 3.04. The Hall–Kier alpha value is -1.95. The highest BCUT2D eigenvalue weighted by Crippen LogP contribution is 2.15. The fraction of sp³-hybridized carbons (Fsp3) is 0.0909. The first-order chi connectivity index (χ1) is 8.40. The van der Waals surface area contributed by atoms with E-state index in [2.05, 4.69) is 4.98 Å². The molecule has 1 aromatic carbocycles. The van der Waals surface area contributed by atoms with Crippen molar-refractivity contribution >= 4 is 11.6 Å². The maximum atomic E-state index is 13.7. The Bertz CT molecular complexity index is 706. The van der Waals surface area contributed by atoms with Crippen LogP contribution in [-0.2, 0) is 0 Å². The van der Waals surface area contributed by atoms with E-state index >= 15 is 0 Å². The van der Waals surface area contributed by atoms with Crippen LogP contribution in [0.1, 0.15) is 5.56 Å². The van der Waals surface area contributed by atoms with E-state index in [1.807, 2.05) is 0 Å². The highest BCUT2D eigenvalue weighted by molar-refractivity contribution is 6.29. The summed E-state index contributed by atoms with van der Waals surface area (Å²) in [6.45, 7) is 1.37. The first-order valence-corrected chi connectivity index (χ1v) is 5.26. The number of rotatable bonds is 1. The lowest BCUT2D eigenvalue weighted by molar-refractivity contribution is 0.581. The van der Waals surface area contributed by atoms with Crippen molar-refractivity contribution in [2.75, 3.05) is 0 Å². The highest BCUT2D eigenvalue weighted by atomic mass is 35.5. The number of halogens is 3. The number of aromatic nitrogens is 2. The average molecular weight is 273 g/mol. The average Bonchev–Trinajstić information content (AvgIpc) is 2.24. The summed E-state index contributed by atoms with van der Waals surface area (Å²) in [5, 5.41) is -0.172. The Labute approximate surface area is 104 Å². The SMILES string of the molecule is Cc1cc(F)c(-n2c(=O)cc(Cl)[nH]c2=O)cc1F. The van der Waals surface area contributed by atoms with Crippen molar-refractivity contribution in [2.45, 2.75) is 6.92 Å². The van der Waals surface area contributed by atoms with Gasteiger partial charge in [-0.1, -0.05) is 11.6 Å². The summed E-state index contributed by atoms with van der Waals surface area (Å²) in [6.07, 6.45) is 0. The molecule has 0 bridgehead atoms. The van der Waals surface area contributed by atoms with Gasteiger partial charge in [-0.25, -0.2) is 18.1 Å². The number of benzene rings is 1. The third-order valence-electron chi connectivity index (χ3n) is 2.37. The molecular weight excluding hydrogens is 266 g/mol. The standard InChI is InChI=1S/C11H7ClF2N2O2/c1-5-2-7(14)8(3-6(5)13)16-10(17)4-9(12)15-11(16)18/h2-4H,1H3,(H,15,18). The molecule has 0 amide bonds. The number of nitrogens with zero attached hydrogens (tertiary/aromatic N) is 1. The molecule has 0 saturated heterocycles. The second kappa shape index (κ2) is 4.38. The summed E-state index contributed by atoms with van der Waals surface area (Å²) in [4.78, 5) is 25.2. The van der Waals surface area contributed by atoms with Gasteiger partial charge in [-0.3, -0.25) is 9.78 Å².